The molecule has 0 radical (unpaired) electrons. The minimum absolute atomic E-state index is 0.00461. The van der Waals surface area contributed by atoms with Gasteiger partial charge in [-0.25, -0.2) is 14.6 Å². The molecule has 108 valence electrons. The number of aromatic nitrogens is 1. The Bertz CT molecular complexity index is 741. The van der Waals surface area contributed by atoms with E-state index in [4.69, 9.17) is 10.8 Å². The average Bonchev–Trinajstić information content (AvgIpc) is 2.78. The summed E-state index contributed by atoms with van der Waals surface area (Å²) in [5, 5.41) is 14.8. The Morgan fingerprint density at radius 2 is 2.14 bits per heavy atom. The molecule has 8 nitrogen and oxygen atoms in total. The number of carboxylic acid groups (broad SMARTS) is 1. The molecule has 0 bridgehead atoms. The van der Waals surface area contributed by atoms with Gasteiger partial charge in [0.25, 0.3) is 0 Å². The van der Waals surface area contributed by atoms with Gasteiger partial charge in [0, 0.05) is 12.6 Å². The Morgan fingerprint density at radius 1 is 1.43 bits per heavy atom. The second kappa shape index (κ2) is 5.67. The van der Waals surface area contributed by atoms with Crippen LogP contribution in [0.1, 0.15) is 26.4 Å². The van der Waals surface area contributed by atoms with Crippen molar-refractivity contribution in [1.29, 1.82) is 0 Å². The monoisotopic (exact) mass is 307 g/mol. The normalized spacial score (nSPS) is 10.1. The maximum absolute atomic E-state index is 12.1. The molecule has 5 N–H and O–H groups in total. The molecular weight excluding hydrogens is 296 g/mol. The summed E-state index contributed by atoms with van der Waals surface area (Å²) in [4.78, 5) is 36.2. The van der Waals surface area contributed by atoms with E-state index in [2.05, 4.69) is 15.5 Å². The molecule has 1 aromatic carbocycles. The molecule has 1 heterocycles. The zero-order valence-corrected chi connectivity index (χ0v) is 11.7. The molecular formula is C12H11N4O4S+. The molecule has 9 heteroatoms. The third kappa shape index (κ3) is 3.03. The van der Waals surface area contributed by atoms with Crippen LogP contribution in [0.4, 0.5) is 15.8 Å². The van der Waals surface area contributed by atoms with Gasteiger partial charge in [-0.1, -0.05) is 0 Å². The predicted octanol–water partition coefficient (Wildman–Crippen LogP) is 1.80. The number of H-pyrrole nitrogens is 1. The van der Waals surface area contributed by atoms with Crippen molar-refractivity contribution in [3.63, 3.8) is 0 Å². The molecule has 2 rings (SSSR count). The van der Waals surface area contributed by atoms with Gasteiger partial charge >= 0.3 is 17.0 Å². The second-order valence-electron chi connectivity index (χ2n) is 4.14. The van der Waals surface area contributed by atoms with Crippen LogP contribution in [-0.4, -0.2) is 17.0 Å². The Morgan fingerprint density at radius 3 is 2.67 bits per heavy atom. The first-order valence-electron chi connectivity index (χ1n) is 5.72. The highest BCUT2D eigenvalue weighted by molar-refractivity contribution is 7.19. The van der Waals surface area contributed by atoms with E-state index in [1.807, 2.05) is 0 Å². The summed E-state index contributed by atoms with van der Waals surface area (Å²) in [5.74, 6) is -1.64. The van der Waals surface area contributed by atoms with Crippen molar-refractivity contribution in [2.24, 2.45) is 5.18 Å². The van der Waals surface area contributed by atoms with E-state index in [1.54, 1.807) is 6.92 Å². The highest BCUT2D eigenvalue weighted by atomic mass is 32.1. The number of thiazole rings is 1. The van der Waals surface area contributed by atoms with Crippen molar-refractivity contribution in [1.82, 2.24) is 0 Å². The van der Waals surface area contributed by atoms with Crippen LogP contribution in [-0.2, 0) is 0 Å². The Hall–Kier alpha value is -2.81. The van der Waals surface area contributed by atoms with Crippen LogP contribution in [0.5, 0.6) is 0 Å². The molecule has 2 aromatic rings. The largest absolute Gasteiger partial charge is 0.478 e. The van der Waals surface area contributed by atoms with Gasteiger partial charge in [-0.15, -0.1) is 4.91 Å². The van der Waals surface area contributed by atoms with E-state index < -0.39 is 11.9 Å². The molecule has 0 spiro atoms. The molecule has 0 fully saturated rings. The van der Waals surface area contributed by atoms with Crippen LogP contribution in [0.25, 0.3) is 0 Å². The number of aromatic carboxylic acids is 1. The van der Waals surface area contributed by atoms with Gasteiger partial charge in [0.2, 0.25) is 5.00 Å². The van der Waals surface area contributed by atoms with Crippen molar-refractivity contribution in [2.45, 2.75) is 6.92 Å². The topological polar surface area (TPSA) is 136 Å². The van der Waals surface area contributed by atoms with E-state index in [0.29, 0.717) is 10.8 Å². The van der Waals surface area contributed by atoms with Crippen LogP contribution in [0.2, 0.25) is 0 Å². The molecule has 21 heavy (non-hydrogen) atoms. The van der Waals surface area contributed by atoms with Crippen LogP contribution < -0.4 is 16.0 Å². The number of nitrogens with one attached hydrogen (secondary N) is 2. The zero-order chi connectivity index (χ0) is 15.6. The standard InChI is InChI=1S/C12H10N4O4S/c1-5-10(16-20)21-12(14-5)15-9(17)7-3-2-6(11(18)19)4-8(7)13/h2-4H,13H2,1H3,(H,18,19)(H,14,15,17)/p+1. The number of nitroso groups, excluding NO2 is 1. The number of aryl methyl sites for hydroxylation is 1. The van der Waals surface area contributed by atoms with E-state index in [1.165, 1.54) is 18.2 Å². The fourth-order valence-corrected chi connectivity index (χ4v) is 2.42. The first-order chi connectivity index (χ1) is 9.92. The number of rotatable bonds is 4. The molecule has 1 aromatic heterocycles. The van der Waals surface area contributed by atoms with Gasteiger partial charge in [0.1, 0.15) is 5.69 Å². The SMILES string of the molecule is Cc1[nH+]c(NC(=O)c2ccc(C(=O)O)cc2N)sc1N=O. The van der Waals surface area contributed by atoms with Gasteiger partial charge in [0.05, 0.1) is 11.1 Å². The molecule has 0 saturated heterocycles. The first-order valence-corrected chi connectivity index (χ1v) is 6.54. The number of nitrogen functional groups attached to an aromatic ring is 1. The number of hydrogen-bond donors (Lipinski definition) is 3. The van der Waals surface area contributed by atoms with Crippen molar-refractivity contribution >= 4 is 39.0 Å². The van der Waals surface area contributed by atoms with Gasteiger partial charge < -0.3 is 10.8 Å². The number of carboxylic acids is 1. The Balaban J connectivity index is 2.23. The maximum atomic E-state index is 12.1. The smallest absolute Gasteiger partial charge is 0.341 e. The van der Waals surface area contributed by atoms with E-state index in [-0.39, 0.29) is 21.8 Å². The number of benzene rings is 1. The number of nitrogens with zero attached hydrogens (tertiary/aromatic N) is 1. The summed E-state index contributed by atoms with van der Waals surface area (Å²) in [7, 11) is 0. The Kier molecular flexibility index (Phi) is 3.94. The Labute approximate surface area is 122 Å². The van der Waals surface area contributed by atoms with Crippen LogP contribution in [0.3, 0.4) is 0 Å². The third-order valence-corrected chi connectivity index (χ3v) is 3.66. The summed E-state index contributed by atoms with van der Waals surface area (Å²) in [5.41, 5.74) is 6.40. The highest BCUT2D eigenvalue weighted by Gasteiger charge is 2.20. The van der Waals surface area contributed by atoms with Crippen LogP contribution in [0, 0.1) is 11.8 Å². The number of anilines is 2. The van der Waals surface area contributed by atoms with Crippen molar-refractivity contribution in [3.8, 4) is 0 Å². The lowest BCUT2D eigenvalue weighted by atomic mass is 10.1. The third-order valence-electron chi connectivity index (χ3n) is 2.67. The fourth-order valence-electron chi connectivity index (χ4n) is 1.64. The summed E-state index contributed by atoms with van der Waals surface area (Å²) in [6, 6.07) is 3.82. The summed E-state index contributed by atoms with van der Waals surface area (Å²) < 4.78 is 0. The predicted molar refractivity (Wildman–Crippen MR) is 76.8 cm³/mol. The number of nitrogens with two attached hydrogens (primary N) is 1. The fraction of sp³-hybridized carbons (Fsp3) is 0.0833. The number of carbonyl (C=O) groups is 2. The maximum Gasteiger partial charge on any atom is 0.341 e. The molecule has 0 aliphatic heterocycles. The minimum atomic E-state index is -1.13. The quantitative estimate of drug-likeness (QED) is 0.584. The van der Waals surface area contributed by atoms with E-state index in [9.17, 15) is 14.5 Å². The van der Waals surface area contributed by atoms with E-state index in [0.717, 1.165) is 11.3 Å². The summed E-state index contributed by atoms with van der Waals surface area (Å²) in [6.07, 6.45) is 0. The lowest BCUT2D eigenvalue weighted by molar-refractivity contribution is -0.363. The first kappa shape index (κ1) is 14.6. The lowest BCUT2D eigenvalue weighted by Gasteiger charge is -2.02. The van der Waals surface area contributed by atoms with Crippen LogP contribution in [0.15, 0.2) is 23.4 Å². The average molecular weight is 307 g/mol. The summed E-state index contributed by atoms with van der Waals surface area (Å²) >= 11 is 0.995. The number of carbonyl (C=O) groups excluding carboxylic acids is 1. The number of hydrogen-bond acceptors (Lipinski definition) is 6. The molecule has 0 atom stereocenters. The van der Waals surface area contributed by atoms with Crippen molar-refractivity contribution in [3.05, 3.63) is 39.9 Å². The lowest BCUT2D eigenvalue weighted by Crippen LogP contribution is -2.19. The van der Waals surface area contributed by atoms with Gasteiger partial charge in [-0.3, -0.25) is 0 Å². The van der Waals surface area contributed by atoms with E-state index >= 15 is 0 Å². The molecule has 0 unspecified atom stereocenters. The zero-order valence-electron chi connectivity index (χ0n) is 10.8. The second-order valence-corrected chi connectivity index (χ2v) is 5.14. The number of amides is 1. The van der Waals surface area contributed by atoms with Crippen molar-refractivity contribution in [2.75, 3.05) is 11.1 Å². The van der Waals surface area contributed by atoms with Crippen LogP contribution >= 0.6 is 11.3 Å². The molecule has 0 saturated carbocycles. The minimum Gasteiger partial charge on any atom is -0.478 e. The van der Waals surface area contributed by atoms with Crippen molar-refractivity contribution < 1.29 is 19.7 Å². The molecule has 0 aliphatic carbocycles. The number of aromatic amines is 1. The van der Waals surface area contributed by atoms with Gasteiger partial charge in [0.15, 0.2) is 0 Å². The van der Waals surface area contributed by atoms with Gasteiger partial charge in [-0.2, -0.15) is 5.32 Å². The molecule has 1 amide bonds. The highest BCUT2D eigenvalue weighted by Crippen LogP contribution is 2.27. The molecule has 0 aliphatic rings. The van der Waals surface area contributed by atoms with Gasteiger partial charge in [-0.05, 0) is 34.7 Å². The summed E-state index contributed by atoms with van der Waals surface area (Å²) in [6.45, 7) is 1.65.